The number of carbonyl (C=O) groups is 2. The van der Waals surface area contributed by atoms with E-state index in [2.05, 4.69) is 11.3 Å². The van der Waals surface area contributed by atoms with Crippen LogP contribution in [0.25, 0.3) is 6.08 Å². The van der Waals surface area contributed by atoms with Gasteiger partial charge in [0.05, 0.1) is 19.2 Å². The maximum Gasteiger partial charge on any atom is 0.340 e. The Balaban J connectivity index is 1.92. The molecular weight excluding hydrogens is 443 g/mol. The monoisotopic (exact) mass is 464 g/mol. The number of benzene rings is 1. The zero-order chi connectivity index (χ0) is 22.6. The van der Waals surface area contributed by atoms with E-state index < -0.39 is 27.7 Å². The summed E-state index contributed by atoms with van der Waals surface area (Å²) in [4.78, 5) is 26.7. The number of hydrogen-bond donors (Lipinski definition) is 1. The van der Waals surface area contributed by atoms with Gasteiger partial charge in [0.25, 0.3) is 15.9 Å². The van der Waals surface area contributed by atoms with Crippen LogP contribution in [0.15, 0.2) is 53.0 Å². The number of halogens is 1. The van der Waals surface area contributed by atoms with E-state index in [1.165, 1.54) is 18.1 Å². The van der Waals surface area contributed by atoms with Gasteiger partial charge in [-0.05, 0) is 23.6 Å². The maximum absolute atomic E-state index is 14.5. The van der Waals surface area contributed by atoms with Crippen LogP contribution >= 0.6 is 11.3 Å². The number of carbonyl (C=O) groups excluding carboxylic acids is 2. The number of nitrogens with one attached hydrogen (secondary N) is 1. The van der Waals surface area contributed by atoms with Gasteiger partial charge in [0.2, 0.25) is 0 Å². The molecule has 7 nitrogen and oxygen atoms in total. The molecule has 1 N–H and O–H groups in total. The molecule has 1 aromatic heterocycles. The molecule has 0 unspecified atom stereocenters. The quantitative estimate of drug-likeness (QED) is 0.386. The van der Waals surface area contributed by atoms with Crippen molar-refractivity contribution in [2.24, 2.45) is 0 Å². The molecule has 0 spiro atoms. The third-order valence-corrected chi connectivity index (χ3v) is 7.82. The van der Waals surface area contributed by atoms with Crippen molar-refractivity contribution >= 4 is 39.3 Å². The van der Waals surface area contributed by atoms with Gasteiger partial charge in [0.15, 0.2) is 5.83 Å². The smallest absolute Gasteiger partial charge is 0.340 e. The summed E-state index contributed by atoms with van der Waals surface area (Å²) in [6.45, 7) is 3.60. The molecular formula is C21H21FN2O5S2. The Morgan fingerprint density at radius 2 is 2.03 bits per heavy atom. The Kier molecular flexibility index (Phi) is 7.04. The van der Waals surface area contributed by atoms with Crippen molar-refractivity contribution in [3.63, 3.8) is 0 Å². The van der Waals surface area contributed by atoms with Gasteiger partial charge >= 0.3 is 5.97 Å². The van der Waals surface area contributed by atoms with Crippen LogP contribution in [-0.2, 0) is 32.5 Å². The number of thiophene rings is 1. The molecule has 0 saturated carbocycles. The molecule has 1 amide bonds. The number of amides is 1. The number of nitrogens with zero attached hydrogens (tertiary/aromatic N) is 1. The Morgan fingerprint density at radius 1 is 1.32 bits per heavy atom. The number of esters is 1. The second-order valence-electron chi connectivity index (χ2n) is 6.68. The molecule has 0 bridgehead atoms. The predicted octanol–water partition coefficient (Wildman–Crippen LogP) is 2.89. The molecule has 3 rings (SSSR count). The number of fused-ring (bicyclic) bond motifs is 1. The molecule has 10 heteroatoms. The van der Waals surface area contributed by atoms with E-state index in [4.69, 9.17) is 4.74 Å². The summed E-state index contributed by atoms with van der Waals surface area (Å²) in [5.74, 6) is -2.48. The molecule has 2 aromatic rings. The maximum atomic E-state index is 14.5. The van der Waals surface area contributed by atoms with Gasteiger partial charge in [-0.15, -0.1) is 17.9 Å². The average molecular weight is 465 g/mol. The van der Waals surface area contributed by atoms with E-state index in [-0.39, 0.29) is 35.8 Å². The topological polar surface area (TPSA) is 92.8 Å². The lowest BCUT2D eigenvalue weighted by molar-refractivity contribution is -0.129. The number of rotatable bonds is 7. The number of methoxy groups -OCH3 is 1. The predicted molar refractivity (Wildman–Crippen MR) is 116 cm³/mol. The fraction of sp³-hybridized carbons (Fsp3) is 0.238. The normalized spacial score (nSPS) is 14.1. The molecule has 1 aliphatic rings. The average Bonchev–Trinajstić information content (AvgIpc) is 3.17. The van der Waals surface area contributed by atoms with Crippen LogP contribution < -0.4 is 4.72 Å². The first-order chi connectivity index (χ1) is 14.8. The lowest BCUT2D eigenvalue weighted by Crippen LogP contribution is -2.36. The summed E-state index contributed by atoms with van der Waals surface area (Å²) < 4.78 is 46.8. The first-order valence-electron chi connectivity index (χ1n) is 9.33. The van der Waals surface area contributed by atoms with Crippen LogP contribution in [0, 0.1) is 0 Å². The van der Waals surface area contributed by atoms with Crippen LogP contribution in [0.5, 0.6) is 0 Å². The van der Waals surface area contributed by atoms with Crippen LogP contribution in [0.1, 0.15) is 26.4 Å². The fourth-order valence-corrected chi connectivity index (χ4v) is 6.13. The van der Waals surface area contributed by atoms with Crippen LogP contribution in [0.4, 0.5) is 4.39 Å². The van der Waals surface area contributed by atoms with E-state index in [1.54, 1.807) is 30.3 Å². The van der Waals surface area contributed by atoms with E-state index >= 15 is 0 Å². The molecule has 0 radical (unpaired) electrons. The van der Waals surface area contributed by atoms with Crippen molar-refractivity contribution in [2.75, 3.05) is 20.2 Å². The lowest BCUT2D eigenvalue weighted by Gasteiger charge is -2.26. The van der Waals surface area contributed by atoms with Crippen molar-refractivity contribution in [3.8, 4) is 0 Å². The highest BCUT2D eigenvalue weighted by Crippen LogP contribution is 2.37. The van der Waals surface area contributed by atoms with Crippen LogP contribution in [0.2, 0.25) is 0 Å². The summed E-state index contributed by atoms with van der Waals surface area (Å²) >= 11 is 0.878. The van der Waals surface area contributed by atoms with Crippen molar-refractivity contribution in [1.82, 2.24) is 9.62 Å². The molecule has 31 heavy (non-hydrogen) atoms. The minimum absolute atomic E-state index is 0.00411. The minimum atomic E-state index is -3.99. The van der Waals surface area contributed by atoms with Crippen molar-refractivity contribution in [3.05, 3.63) is 70.4 Å². The second kappa shape index (κ2) is 9.54. The van der Waals surface area contributed by atoms with Gasteiger partial charge in [-0.2, -0.15) is 0 Å². The zero-order valence-corrected chi connectivity index (χ0v) is 18.4. The van der Waals surface area contributed by atoms with Crippen molar-refractivity contribution in [1.29, 1.82) is 0 Å². The molecule has 2 heterocycles. The Morgan fingerprint density at radius 3 is 2.68 bits per heavy atom. The number of hydrogen-bond acceptors (Lipinski definition) is 6. The zero-order valence-electron chi connectivity index (χ0n) is 16.8. The van der Waals surface area contributed by atoms with Crippen LogP contribution in [-0.4, -0.2) is 45.4 Å². The molecule has 0 aliphatic carbocycles. The Labute approximate surface area is 183 Å². The molecule has 0 saturated heterocycles. The Hall–Kier alpha value is -2.82. The molecule has 1 aromatic carbocycles. The van der Waals surface area contributed by atoms with Gasteiger partial charge in [0, 0.05) is 18.0 Å². The largest absolute Gasteiger partial charge is 0.465 e. The van der Waals surface area contributed by atoms with E-state index in [0.29, 0.717) is 16.0 Å². The second-order valence-corrected chi connectivity index (χ2v) is 9.75. The summed E-state index contributed by atoms with van der Waals surface area (Å²) in [5, 5.41) is 0. The van der Waals surface area contributed by atoms with Gasteiger partial charge < -0.3 is 9.64 Å². The molecule has 164 valence electrons. The van der Waals surface area contributed by atoms with Gasteiger partial charge in [-0.25, -0.2) is 22.3 Å². The summed E-state index contributed by atoms with van der Waals surface area (Å²) in [5.41, 5.74) is 1.02. The number of ether oxygens (including phenoxy) is 1. The van der Waals surface area contributed by atoms with Gasteiger partial charge in [-0.1, -0.05) is 36.4 Å². The summed E-state index contributed by atoms with van der Waals surface area (Å²) in [7, 11) is -2.82. The van der Waals surface area contributed by atoms with E-state index in [9.17, 15) is 22.4 Å². The summed E-state index contributed by atoms with van der Waals surface area (Å²) in [6.07, 6.45) is 2.74. The third kappa shape index (κ3) is 4.92. The highest BCUT2D eigenvalue weighted by molar-refractivity contribution is 7.91. The van der Waals surface area contributed by atoms with Crippen LogP contribution in [0.3, 0.4) is 0 Å². The van der Waals surface area contributed by atoms with Gasteiger partial charge in [0.1, 0.15) is 4.21 Å². The summed E-state index contributed by atoms with van der Waals surface area (Å²) in [6, 6.07) is 8.61. The highest BCUT2D eigenvalue weighted by Gasteiger charge is 2.35. The minimum Gasteiger partial charge on any atom is -0.465 e. The molecule has 0 atom stereocenters. The fourth-order valence-electron chi connectivity index (χ4n) is 3.19. The molecule has 1 aliphatic heterocycles. The van der Waals surface area contributed by atoms with Crippen molar-refractivity contribution in [2.45, 2.75) is 17.2 Å². The lowest BCUT2D eigenvalue weighted by atomic mass is 10.0. The first kappa shape index (κ1) is 22.9. The SMILES string of the molecule is C=CCNS(=O)(=O)c1sc2c(c1C(=O)OC)CCN(C(=O)C(F)=Cc1ccccc1)C2. The van der Waals surface area contributed by atoms with E-state index in [0.717, 1.165) is 17.4 Å². The molecule has 0 fully saturated rings. The van der Waals surface area contributed by atoms with Crippen molar-refractivity contribution < 1.29 is 27.1 Å². The highest BCUT2D eigenvalue weighted by atomic mass is 32.2. The number of sulfonamides is 1. The van der Waals surface area contributed by atoms with E-state index in [1.807, 2.05) is 0 Å². The third-order valence-electron chi connectivity index (χ3n) is 4.66. The first-order valence-corrected chi connectivity index (χ1v) is 11.6. The standard InChI is InChI=1S/C21H21FN2O5S2/c1-3-10-23-31(27,28)21-18(20(26)29-2)15-9-11-24(13-17(15)30-21)19(25)16(22)12-14-7-5-4-6-8-14/h3-8,12,23H,1,9-11,13H2,2H3. The Bertz CT molecular complexity index is 1140. The van der Waals surface area contributed by atoms with Gasteiger partial charge in [-0.3, -0.25) is 4.79 Å².